The van der Waals surface area contributed by atoms with Crippen LogP contribution in [0.3, 0.4) is 0 Å². The Morgan fingerprint density at radius 3 is 2.84 bits per heavy atom. The van der Waals surface area contributed by atoms with Gasteiger partial charge in [0.1, 0.15) is 12.6 Å². The van der Waals surface area contributed by atoms with Crippen molar-refractivity contribution in [3.05, 3.63) is 35.9 Å². The van der Waals surface area contributed by atoms with Crippen molar-refractivity contribution in [2.45, 2.75) is 37.5 Å². The number of hydrogen-bond donors (Lipinski definition) is 0. The predicted molar refractivity (Wildman–Crippen MR) is 68.0 cm³/mol. The summed E-state index contributed by atoms with van der Waals surface area (Å²) < 4.78 is 5.41. The highest BCUT2D eigenvalue weighted by molar-refractivity contribution is 5.77. The quantitative estimate of drug-likeness (QED) is 0.724. The third-order valence-corrected chi connectivity index (χ3v) is 4.56. The van der Waals surface area contributed by atoms with Crippen LogP contribution in [-0.4, -0.2) is 29.8 Å². The molecule has 1 saturated carbocycles. The minimum atomic E-state index is -0.202. The van der Waals surface area contributed by atoms with Gasteiger partial charge in [0.15, 0.2) is 0 Å². The number of hydrogen-bond acceptors (Lipinski definition) is 4. The van der Waals surface area contributed by atoms with E-state index >= 15 is 0 Å². The average Bonchev–Trinajstić information content (AvgIpc) is 3.00. The van der Waals surface area contributed by atoms with E-state index in [-0.39, 0.29) is 24.2 Å². The Kier molecular flexibility index (Phi) is 2.60. The van der Waals surface area contributed by atoms with E-state index in [1.54, 1.807) is 0 Å². The second-order valence-electron chi connectivity index (χ2n) is 5.60. The van der Waals surface area contributed by atoms with Gasteiger partial charge in [-0.1, -0.05) is 36.8 Å². The molecule has 0 N–H and O–H groups in total. The Balaban J connectivity index is 1.67. The van der Waals surface area contributed by atoms with Gasteiger partial charge in [-0.3, -0.25) is 9.63 Å². The monoisotopic (exact) mass is 259 g/mol. The molecule has 100 valence electrons. The number of esters is 1. The lowest BCUT2D eigenvalue weighted by Gasteiger charge is -2.36. The van der Waals surface area contributed by atoms with Crippen LogP contribution >= 0.6 is 0 Å². The van der Waals surface area contributed by atoms with Crippen molar-refractivity contribution in [2.75, 3.05) is 6.61 Å². The third-order valence-electron chi connectivity index (χ3n) is 4.56. The third kappa shape index (κ3) is 1.70. The molecule has 0 spiro atoms. The summed E-state index contributed by atoms with van der Waals surface area (Å²) in [4.78, 5) is 18.1. The lowest BCUT2D eigenvalue weighted by molar-refractivity contribution is -0.228. The number of rotatable bonds is 1. The lowest BCUT2D eigenvalue weighted by atomic mass is 9.94. The molecule has 4 rings (SSSR count). The van der Waals surface area contributed by atoms with E-state index in [2.05, 4.69) is 12.1 Å². The van der Waals surface area contributed by atoms with Crippen molar-refractivity contribution in [3.63, 3.8) is 0 Å². The molecule has 2 aliphatic heterocycles. The molecule has 0 bridgehead atoms. The summed E-state index contributed by atoms with van der Waals surface area (Å²) in [6.07, 6.45) is 3.50. The number of cyclic esters (lactones) is 1. The molecule has 2 heterocycles. The Morgan fingerprint density at radius 2 is 2.00 bits per heavy atom. The molecule has 1 aliphatic carbocycles. The minimum absolute atomic E-state index is 0.0366. The van der Waals surface area contributed by atoms with Crippen molar-refractivity contribution in [3.8, 4) is 0 Å². The Hall–Kier alpha value is -1.39. The molecule has 0 unspecified atom stereocenters. The van der Waals surface area contributed by atoms with Gasteiger partial charge in [0.05, 0.1) is 12.1 Å². The molecule has 1 aromatic carbocycles. The highest BCUT2D eigenvalue weighted by Gasteiger charge is 2.54. The summed E-state index contributed by atoms with van der Waals surface area (Å²) in [5.41, 5.74) is 1.15. The second kappa shape index (κ2) is 4.32. The first-order chi connectivity index (χ1) is 9.34. The number of hydroxylamine groups is 2. The highest BCUT2D eigenvalue weighted by Crippen LogP contribution is 2.45. The van der Waals surface area contributed by atoms with Gasteiger partial charge in [-0.25, -0.2) is 0 Å². The zero-order valence-electron chi connectivity index (χ0n) is 10.7. The normalized spacial score (nSPS) is 37.8. The second-order valence-corrected chi connectivity index (χ2v) is 5.60. The maximum absolute atomic E-state index is 12.1. The van der Waals surface area contributed by atoms with Gasteiger partial charge in [0.25, 0.3) is 0 Å². The van der Waals surface area contributed by atoms with Crippen LogP contribution in [0.5, 0.6) is 0 Å². The molecule has 0 amide bonds. The number of carbonyl (C=O) groups excluding carboxylic acids is 1. The molecule has 2 saturated heterocycles. The van der Waals surface area contributed by atoms with E-state index in [4.69, 9.17) is 9.57 Å². The summed E-state index contributed by atoms with van der Waals surface area (Å²) in [6.45, 7) is 0.388. The van der Waals surface area contributed by atoms with Crippen LogP contribution in [-0.2, 0) is 14.4 Å². The summed E-state index contributed by atoms with van der Waals surface area (Å²) >= 11 is 0. The van der Waals surface area contributed by atoms with Gasteiger partial charge in [-0.15, -0.1) is 0 Å². The standard InChI is InChI=1S/C15H17NO3/c17-15-14-11-7-4-8-13(11)19-16(14)12(9-18-15)10-5-2-1-3-6-10/h1-3,5-6,11-14H,4,7-9H2/t11-,12+,13+,14-/m1/s1. The summed E-state index contributed by atoms with van der Waals surface area (Å²) in [6, 6.07) is 9.99. The van der Waals surface area contributed by atoms with Crippen molar-refractivity contribution in [1.82, 2.24) is 5.06 Å². The molecule has 0 radical (unpaired) electrons. The average molecular weight is 259 g/mol. The van der Waals surface area contributed by atoms with Gasteiger partial charge in [-0.2, -0.15) is 5.06 Å². The van der Waals surface area contributed by atoms with Crippen LogP contribution in [0.25, 0.3) is 0 Å². The predicted octanol–water partition coefficient (Wildman–Crippen LogP) is 2.07. The summed E-state index contributed by atoms with van der Waals surface area (Å²) in [7, 11) is 0. The number of nitrogens with zero attached hydrogens (tertiary/aromatic N) is 1. The van der Waals surface area contributed by atoms with Crippen molar-refractivity contribution >= 4 is 5.97 Å². The molecule has 3 aliphatic rings. The first-order valence-electron chi connectivity index (χ1n) is 7.01. The molecule has 4 atom stereocenters. The van der Waals surface area contributed by atoms with E-state index in [9.17, 15) is 4.79 Å². The molecule has 4 nitrogen and oxygen atoms in total. The summed E-state index contributed by atoms with van der Waals surface area (Å²) in [5.74, 6) is 0.209. The van der Waals surface area contributed by atoms with E-state index < -0.39 is 0 Å². The van der Waals surface area contributed by atoms with Crippen molar-refractivity contribution < 1.29 is 14.4 Å². The van der Waals surface area contributed by atoms with Crippen LogP contribution < -0.4 is 0 Å². The molecular formula is C15H17NO3. The van der Waals surface area contributed by atoms with Crippen LogP contribution in [0.15, 0.2) is 30.3 Å². The minimum Gasteiger partial charge on any atom is -0.462 e. The Labute approximate surface area is 112 Å². The fraction of sp³-hybridized carbons (Fsp3) is 0.533. The fourth-order valence-electron chi connectivity index (χ4n) is 3.64. The van der Waals surface area contributed by atoms with Crippen molar-refractivity contribution in [1.29, 1.82) is 0 Å². The highest BCUT2D eigenvalue weighted by atomic mass is 16.7. The maximum atomic E-state index is 12.1. The number of fused-ring (bicyclic) bond motifs is 3. The van der Waals surface area contributed by atoms with Gasteiger partial charge < -0.3 is 4.74 Å². The topological polar surface area (TPSA) is 38.8 Å². The fourth-order valence-corrected chi connectivity index (χ4v) is 3.64. The molecule has 3 fully saturated rings. The van der Waals surface area contributed by atoms with Gasteiger partial charge in [0.2, 0.25) is 0 Å². The van der Waals surface area contributed by atoms with Crippen LogP contribution in [0.4, 0.5) is 0 Å². The number of ether oxygens (including phenoxy) is 1. The maximum Gasteiger partial charge on any atom is 0.326 e. The van der Waals surface area contributed by atoms with E-state index in [1.807, 2.05) is 23.3 Å². The number of morpholine rings is 1. The van der Waals surface area contributed by atoms with Crippen LogP contribution in [0.2, 0.25) is 0 Å². The SMILES string of the molecule is O=C1OC[C@@H](c2ccccc2)N2O[C@H]3CCC[C@H]3[C@H]12. The van der Waals surface area contributed by atoms with Crippen LogP contribution in [0.1, 0.15) is 30.9 Å². The zero-order valence-corrected chi connectivity index (χ0v) is 10.7. The van der Waals surface area contributed by atoms with E-state index in [0.29, 0.717) is 12.5 Å². The van der Waals surface area contributed by atoms with E-state index in [0.717, 1.165) is 24.8 Å². The number of benzene rings is 1. The molecular weight excluding hydrogens is 242 g/mol. The Bertz CT molecular complexity index is 489. The molecule has 1 aromatic rings. The van der Waals surface area contributed by atoms with Gasteiger partial charge >= 0.3 is 5.97 Å². The first-order valence-corrected chi connectivity index (χ1v) is 7.01. The molecule has 4 heteroatoms. The largest absolute Gasteiger partial charge is 0.462 e. The van der Waals surface area contributed by atoms with Crippen LogP contribution in [0, 0.1) is 5.92 Å². The number of carbonyl (C=O) groups is 1. The first kappa shape index (κ1) is 11.4. The van der Waals surface area contributed by atoms with Gasteiger partial charge in [-0.05, 0) is 18.4 Å². The molecule has 19 heavy (non-hydrogen) atoms. The Morgan fingerprint density at radius 1 is 1.16 bits per heavy atom. The summed E-state index contributed by atoms with van der Waals surface area (Å²) in [5, 5.41) is 1.91. The molecule has 0 aromatic heterocycles. The zero-order chi connectivity index (χ0) is 12.8. The van der Waals surface area contributed by atoms with Gasteiger partial charge in [0, 0.05) is 5.92 Å². The van der Waals surface area contributed by atoms with E-state index in [1.165, 1.54) is 0 Å². The lowest BCUT2D eigenvalue weighted by Crippen LogP contribution is -2.48. The van der Waals surface area contributed by atoms with Crippen molar-refractivity contribution in [2.24, 2.45) is 5.92 Å². The smallest absolute Gasteiger partial charge is 0.326 e.